The number of fused-ring (bicyclic) bond motifs is 2. The van der Waals surface area contributed by atoms with Crippen LogP contribution < -0.4 is 0 Å². The zero-order valence-electron chi connectivity index (χ0n) is 21.6. The Balaban J connectivity index is 1.51. The summed E-state index contributed by atoms with van der Waals surface area (Å²) in [4.78, 5) is 0. The Morgan fingerprint density at radius 1 is 1.03 bits per heavy atom. The number of rotatable bonds is 3. The van der Waals surface area contributed by atoms with E-state index in [2.05, 4.69) is 78.8 Å². The molecule has 9 atom stereocenters. The van der Waals surface area contributed by atoms with Crippen LogP contribution in [0.5, 0.6) is 0 Å². The average molecular weight is 439 g/mol. The van der Waals surface area contributed by atoms with E-state index in [4.69, 9.17) is 4.74 Å². The van der Waals surface area contributed by atoms with E-state index in [-0.39, 0.29) is 22.5 Å². The van der Waals surface area contributed by atoms with Gasteiger partial charge in [-0.2, -0.15) is 0 Å². The molecular weight excluding hydrogens is 392 g/mol. The Morgan fingerprint density at radius 2 is 1.78 bits per heavy atom. The smallest absolute Gasteiger partial charge is 0.0972 e. The second-order valence-electron chi connectivity index (χ2n) is 13.5. The summed E-state index contributed by atoms with van der Waals surface area (Å²) >= 11 is 0. The lowest BCUT2D eigenvalue weighted by Gasteiger charge is -2.65. The van der Waals surface area contributed by atoms with Gasteiger partial charge in [0.2, 0.25) is 0 Å². The van der Waals surface area contributed by atoms with E-state index in [0.717, 1.165) is 25.4 Å². The maximum absolute atomic E-state index is 10.9. The lowest BCUT2D eigenvalue weighted by molar-refractivity contribution is -0.168. The molecule has 1 saturated heterocycles. The van der Waals surface area contributed by atoms with Crippen LogP contribution >= 0.6 is 0 Å². The molecule has 2 nitrogen and oxygen atoms in total. The minimum atomic E-state index is -0.274. The minimum Gasteiger partial charge on any atom is -0.392 e. The molecule has 0 radical (unpaired) electrons. The molecule has 4 fully saturated rings. The molecule has 5 rings (SSSR count). The third-order valence-corrected chi connectivity index (χ3v) is 11.9. The molecule has 2 heteroatoms. The summed E-state index contributed by atoms with van der Waals surface area (Å²) in [6, 6.07) is 0. The molecular formula is C30H46O2. The highest BCUT2D eigenvalue weighted by Crippen LogP contribution is 2.77. The number of hydrogen-bond donors (Lipinski definition) is 1. The molecule has 1 aliphatic heterocycles. The van der Waals surface area contributed by atoms with Gasteiger partial charge < -0.3 is 9.84 Å². The van der Waals surface area contributed by atoms with Crippen LogP contribution in [0.3, 0.4) is 0 Å². The van der Waals surface area contributed by atoms with Gasteiger partial charge in [0.15, 0.2) is 0 Å². The number of aliphatic hydroxyl groups excluding tert-OH is 1. The molecule has 178 valence electrons. The Morgan fingerprint density at radius 3 is 2.50 bits per heavy atom. The summed E-state index contributed by atoms with van der Waals surface area (Å²) in [6.45, 7) is 17.4. The predicted octanol–water partition coefficient (Wildman–Crippen LogP) is 7.10. The molecule has 32 heavy (non-hydrogen) atoms. The van der Waals surface area contributed by atoms with Gasteiger partial charge >= 0.3 is 0 Å². The highest BCUT2D eigenvalue weighted by molar-refractivity contribution is 5.33. The van der Waals surface area contributed by atoms with Crippen LogP contribution in [-0.2, 0) is 4.74 Å². The fraction of sp³-hybridized carbons (Fsp3) is 0.800. The van der Waals surface area contributed by atoms with Crippen molar-refractivity contribution in [2.24, 2.45) is 45.3 Å². The standard InChI is InChI=1S/C30H46O2/c1-20(2)9-8-10-21(3)22-13-15-28(7)23-14-16-30-24(11-12-25(31)26(30,4)5)29(23,19-32-30)18-17-27(22,28)6/h8-10,14,16,21-25,31H,11-13,15,17-19H2,1-7H3/b10-8+/t21-,22-,23+,24+,25-,27-,28+,29+,30-/m1/s1. The van der Waals surface area contributed by atoms with Crippen molar-refractivity contribution in [3.63, 3.8) is 0 Å². The zero-order valence-corrected chi connectivity index (χ0v) is 21.6. The van der Waals surface area contributed by atoms with E-state index in [1.807, 2.05) is 0 Å². The first-order valence-corrected chi connectivity index (χ1v) is 13.3. The quantitative estimate of drug-likeness (QED) is 0.376. The van der Waals surface area contributed by atoms with Gasteiger partial charge in [-0.15, -0.1) is 0 Å². The van der Waals surface area contributed by atoms with Crippen molar-refractivity contribution in [1.29, 1.82) is 0 Å². The van der Waals surface area contributed by atoms with E-state index >= 15 is 0 Å². The topological polar surface area (TPSA) is 29.5 Å². The lowest BCUT2D eigenvalue weighted by Crippen LogP contribution is -2.64. The van der Waals surface area contributed by atoms with E-state index in [1.54, 1.807) is 0 Å². The fourth-order valence-electron chi connectivity index (χ4n) is 9.69. The third-order valence-electron chi connectivity index (χ3n) is 11.9. The van der Waals surface area contributed by atoms with E-state index in [1.165, 1.54) is 31.3 Å². The molecule has 2 bridgehead atoms. The van der Waals surface area contributed by atoms with Crippen LogP contribution in [-0.4, -0.2) is 23.4 Å². The van der Waals surface area contributed by atoms with Crippen molar-refractivity contribution in [3.05, 3.63) is 36.0 Å². The van der Waals surface area contributed by atoms with Gasteiger partial charge in [-0.25, -0.2) is 0 Å². The maximum Gasteiger partial charge on any atom is 0.0972 e. The largest absolute Gasteiger partial charge is 0.392 e. The first kappa shape index (κ1) is 22.9. The Hall–Kier alpha value is -0.860. The van der Waals surface area contributed by atoms with Gasteiger partial charge in [-0.05, 0) is 81.0 Å². The van der Waals surface area contributed by atoms with Crippen LogP contribution in [0, 0.1) is 45.3 Å². The molecule has 0 unspecified atom stereocenters. The molecule has 4 aliphatic carbocycles. The lowest BCUT2D eigenvalue weighted by atomic mass is 9.38. The van der Waals surface area contributed by atoms with Crippen molar-refractivity contribution in [1.82, 2.24) is 0 Å². The van der Waals surface area contributed by atoms with E-state index in [9.17, 15) is 5.11 Å². The number of allylic oxidation sites excluding steroid dienone is 5. The molecule has 0 aromatic carbocycles. The number of ether oxygens (including phenoxy) is 1. The summed E-state index contributed by atoms with van der Waals surface area (Å²) < 4.78 is 6.83. The molecule has 1 N–H and O–H groups in total. The monoisotopic (exact) mass is 438 g/mol. The second-order valence-corrected chi connectivity index (χ2v) is 13.5. The first-order chi connectivity index (χ1) is 14.9. The maximum atomic E-state index is 10.9. The van der Waals surface area contributed by atoms with Crippen molar-refractivity contribution < 1.29 is 9.84 Å². The van der Waals surface area contributed by atoms with Gasteiger partial charge in [-0.1, -0.05) is 70.6 Å². The molecule has 0 aromatic heterocycles. The predicted molar refractivity (Wildman–Crippen MR) is 132 cm³/mol. The van der Waals surface area contributed by atoms with Gasteiger partial charge in [-0.3, -0.25) is 0 Å². The summed E-state index contributed by atoms with van der Waals surface area (Å²) in [6.07, 6.45) is 19.1. The molecule has 3 saturated carbocycles. The van der Waals surface area contributed by atoms with Crippen LogP contribution in [0.2, 0.25) is 0 Å². The van der Waals surface area contributed by atoms with Gasteiger partial charge in [0.25, 0.3) is 0 Å². The van der Waals surface area contributed by atoms with E-state index in [0.29, 0.717) is 28.6 Å². The fourth-order valence-corrected chi connectivity index (χ4v) is 9.69. The third kappa shape index (κ3) is 2.60. The molecule has 5 aliphatic rings. The van der Waals surface area contributed by atoms with Crippen LogP contribution in [0.4, 0.5) is 0 Å². The summed E-state index contributed by atoms with van der Waals surface area (Å²) in [5.74, 6) is 2.51. The number of aliphatic hydroxyl groups is 1. The molecule has 1 heterocycles. The summed E-state index contributed by atoms with van der Waals surface area (Å²) in [7, 11) is 0. The normalized spacial score (nSPS) is 51.8. The van der Waals surface area contributed by atoms with Gasteiger partial charge in [0.05, 0.1) is 18.3 Å². The summed E-state index contributed by atoms with van der Waals surface area (Å²) in [5, 5.41) is 10.9. The zero-order chi connectivity index (χ0) is 23.2. The average Bonchev–Trinajstić information content (AvgIpc) is 3.11. The van der Waals surface area contributed by atoms with Crippen LogP contribution in [0.15, 0.2) is 36.0 Å². The highest BCUT2D eigenvalue weighted by Gasteiger charge is 2.75. The van der Waals surface area contributed by atoms with Crippen LogP contribution in [0.1, 0.15) is 87.0 Å². The van der Waals surface area contributed by atoms with Crippen LogP contribution in [0.25, 0.3) is 0 Å². The Bertz CT molecular complexity index is 862. The van der Waals surface area contributed by atoms with E-state index < -0.39 is 0 Å². The highest BCUT2D eigenvalue weighted by atomic mass is 16.5. The Kier molecular flexibility index (Phi) is 5.07. The Labute approximate surface area is 196 Å². The van der Waals surface area contributed by atoms with Crippen molar-refractivity contribution in [3.8, 4) is 0 Å². The first-order valence-electron chi connectivity index (χ1n) is 13.3. The molecule has 0 amide bonds. The minimum absolute atomic E-state index is 0.217. The van der Waals surface area contributed by atoms with Crippen molar-refractivity contribution in [2.45, 2.75) is 98.7 Å². The van der Waals surface area contributed by atoms with Crippen molar-refractivity contribution in [2.75, 3.05) is 6.61 Å². The second kappa shape index (κ2) is 7.08. The summed E-state index contributed by atoms with van der Waals surface area (Å²) in [5.41, 5.74) is 1.83. The van der Waals surface area contributed by atoms with Crippen molar-refractivity contribution >= 4 is 0 Å². The van der Waals surface area contributed by atoms with Gasteiger partial charge in [0.1, 0.15) is 0 Å². The van der Waals surface area contributed by atoms with Gasteiger partial charge in [0, 0.05) is 16.7 Å². The molecule has 0 aromatic rings. The number of hydrogen-bond acceptors (Lipinski definition) is 2. The SMILES string of the molecule is CC(C)=C/C=C/[C@@H](C)[C@H]1CC[C@@]2(C)[C@@H]3C=C[C@@]45OC[C@]3(CC[C@]12C)[C@@H]4CC[C@@H](O)C5(C)C. The molecule has 1 spiro atoms.